The van der Waals surface area contributed by atoms with Crippen LogP contribution in [0.5, 0.6) is 11.5 Å². The molecule has 4 aliphatic carbocycles. The molecule has 6 bridgehead atoms. The van der Waals surface area contributed by atoms with E-state index in [1.54, 1.807) is 0 Å². The SMILES string of the molecule is CC(C)(c1ccc(OCCCOC(=O)C2CC34CC(O3)C2C4)cc1)c1ccc(OCCCOC(=O)C2CC3CC24CC3O4)cc1. The van der Waals surface area contributed by atoms with Crippen molar-refractivity contribution in [2.45, 2.75) is 94.0 Å². The quantitative estimate of drug-likeness (QED) is 0.195. The first-order valence-corrected chi connectivity index (χ1v) is 16.9. The van der Waals surface area contributed by atoms with Crippen molar-refractivity contribution in [3.05, 3.63) is 59.7 Å². The number of rotatable bonds is 14. The second-order valence-electron chi connectivity index (χ2n) is 14.8. The van der Waals surface area contributed by atoms with Gasteiger partial charge in [0.15, 0.2) is 0 Å². The lowest BCUT2D eigenvalue weighted by Crippen LogP contribution is -2.54. The van der Waals surface area contributed by atoms with Crippen molar-refractivity contribution in [3.63, 3.8) is 0 Å². The molecule has 4 heterocycles. The zero-order valence-electron chi connectivity index (χ0n) is 26.3. The molecule has 0 radical (unpaired) electrons. The van der Waals surface area contributed by atoms with Crippen molar-refractivity contribution in [1.29, 1.82) is 0 Å². The molecule has 10 rings (SSSR count). The Balaban J connectivity index is 0.733. The van der Waals surface area contributed by atoms with Crippen LogP contribution in [0.4, 0.5) is 0 Å². The Kier molecular flexibility index (Phi) is 7.17. The fourth-order valence-corrected chi connectivity index (χ4v) is 9.22. The van der Waals surface area contributed by atoms with Crippen LogP contribution in [0.2, 0.25) is 0 Å². The van der Waals surface area contributed by atoms with Gasteiger partial charge < -0.3 is 28.4 Å². The third-order valence-corrected chi connectivity index (χ3v) is 11.8. The Morgan fingerprint density at radius 2 is 1.31 bits per heavy atom. The minimum absolute atomic E-state index is 0.00554. The van der Waals surface area contributed by atoms with E-state index in [4.69, 9.17) is 28.4 Å². The van der Waals surface area contributed by atoms with Gasteiger partial charge in [-0.15, -0.1) is 0 Å². The summed E-state index contributed by atoms with van der Waals surface area (Å²) in [5.41, 5.74) is 1.98. The maximum Gasteiger partial charge on any atom is 0.311 e. The molecule has 8 aliphatic rings. The highest BCUT2D eigenvalue weighted by Gasteiger charge is 2.69. The van der Waals surface area contributed by atoms with E-state index in [1.807, 2.05) is 24.3 Å². The molecule has 240 valence electrons. The smallest absolute Gasteiger partial charge is 0.311 e. The predicted molar refractivity (Wildman–Crippen MR) is 164 cm³/mol. The summed E-state index contributed by atoms with van der Waals surface area (Å²) < 4.78 is 34.8. The Hall–Kier alpha value is -3.10. The first kappa shape index (κ1) is 29.3. The molecule has 2 aromatic carbocycles. The molecule has 0 aromatic heterocycles. The minimum atomic E-state index is -0.201. The topological polar surface area (TPSA) is 89.5 Å². The molecule has 45 heavy (non-hydrogen) atoms. The van der Waals surface area contributed by atoms with E-state index in [2.05, 4.69) is 38.1 Å². The fraction of sp³-hybridized carbons (Fsp3) is 0.622. The van der Waals surface area contributed by atoms with E-state index in [9.17, 15) is 9.59 Å². The number of carbonyl (C=O) groups is 2. The van der Waals surface area contributed by atoms with Crippen LogP contribution in [0.25, 0.3) is 0 Å². The van der Waals surface area contributed by atoms with Gasteiger partial charge in [0.2, 0.25) is 0 Å². The van der Waals surface area contributed by atoms with Crippen LogP contribution in [0.3, 0.4) is 0 Å². The van der Waals surface area contributed by atoms with E-state index in [-0.39, 0.29) is 40.4 Å². The van der Waals surface area contributed by atoms with Crippen molar-refractivity contribution in [2.75, 3.05) is 26.4 Å². The van der Waals surface area contributed by atoms with Crippen LogP contribution in [0.15, 0.2) is 48.5 Å². The molecular formula is C37H44O8. The molecule has 2 spiro atoms. The van der Waals surface area contributed by atoms with Gasteiger partial charge in [0, 0.05) is 37.0 Å². The van der Waals surface area contributed by atoms with Gasteiger partial charge in [-0.05, 0) is 67.0 Å². The number of carbonyl (C=O) groups excluding carboxylic acids is 2. The maximum atomic E-state index is 12.6. The highest BCUT2D eigenvalue weighted by Crippen LogP contribution is 2.64. The minimum Gasteiger partial charge on any atom is -0.493 e. The van der Waals surface area contributed by atoms with Gasteiger partial charge in [0.05, 0.1) is 61.7 Å². The van der Waals surface area contributed by atoms with Crippen molar-refractivity contribution >= 4 is 11.9 Å². The first-order valence-electron chi connectivity index (χ1n) is 16.9. The molecule has 8 unspecified atom stereocenters. The summed E-state index contributed by atoms with van der Waals surface area (Å²) in [4.78, 5) is 25.1. The van der Waals surface area contributed by atoms with Crippen LogP contribution in [0, 0.1) is 23.7 Å². The number of benzene rings is 2. The molecule has 2 aromatic rings. The molecule has 8 atom stereocenters. The summed E-state index contributed by atoms with van der Waals surface area (Å²) in [6.07, 6.45) is 8.01. The summed E-state index contributed by atoms with van der Waals surface area (Å²) in [5.74, 6) is 2.33. The van der Waals surface area contributed by atoms with Gasteiger partial charge in [-0.2, -0.15) is 0 Å². The average molecular weight is 617 g/mol. The lowest BCUT2D eigenvalue weighted by atomic mass is 9.78. The average Bonchev–Trinajstić information content (AvgIpc) is 3.86. The van der Waals surface area contributed by atoms with Crippen LogP contribution < -0.4 is 9.47 Å². The van der Waals surface area contributed by atoms with Crippen molar-refractivity contribution < 1.29 is 38.0 Å². The highest BCUT2D eigenvalue weighted by molar-refractivity contribution is 5.75. The van der Waals surface area contributed by atoms with E-state index in [0.29, 0.717) is 63.3 Å². The summed E-state index contributed by atoms with van der Waals surface area (Å²) >= 11 is 0. The van der Waals surface area contributed by atoms with Gasteiger partial charge in [-0.25, -0.2) is 0 Å². The number of esters is 2. The summed E-state index contributed by atoms with van der Waals surface area (Å²) in [7, 11) is 0. The second kappa shape index (κ2) is 11.0. The first-order chi connectivity index (χ1) is 21.7. The monoisotopic (exact) mass is 616 g/mol. The Bertz CT molecular complexity index is 1420. The lowest BCUT2D eigenvalue weighted by Gasteiger charge is -2.46. The van der Waals surface area contributed by atoms with Crippen LogP contribution in [0.1, 0.15) is 76.3 Å². The third kappa shape index (κ3) is 5.12. The zero-order valence-corrected chi connectivity index (χ0v) is 26.3. The Morgan fingerprint density at radius 1 is 0.733 bits per heavy atom. The van der Waals surface area contributed by atoms with Crippen molar-refractivity contribution in [2.24, 2.45) is 23.7 Å². The van der Waals surface area contributed by atoms with Crippen molar-refractivity contribution in [3.8, 4) is 11.5 Å². The zero-order chi connectivity index (χ0) is 30.8. The molecule has 4 saturated heterocycles. The third-order valence-electron chi connectivity index (χ3n) is 11.8. The van der Waals surface area contributed by atoms with Crippen LogP contribution in [-0.2, 0) is 34.0 Å². The highest BCUT2D eigenvalue weighted by atomic mass is 16.6. The molecule has 0 N–H and O–H groups in total. The number of hydrogen-bond donors (Lipinski definition) is 0. The molecular weight excluding hydrogens is 572 g/mol. The molecule has 4 saturated carbocycles. The molecule has 8 nitrogen and oxygen atoms in total. The van der Waals surface area contributed by atoms with Gasteiger partial charge in [0.25, 0.3) is 0 Å². The molecule has 0 amide bonds. The van der Waals surface area contributed by atoms with Gasteiger partial charge >= 0.3 is 11.9 Å². The standard InChI is InChI=1S/C37H44O8/c1-35(2,24-5-9-26(10-6-24)40-13-3-15-42-33(38)29-20-36-19-28(29)32(21-36)44-36)25-7-11-27(12-8-25)41-14-4-16-43-34(39)30-17-23-18-37(30)22-31(23)45-37/h5-12,23,28-32H,3-4,13-22H2,1-2H3. The number of hydrogen-bond acceptors (Lipinski definition) is 8. The van der Waals surface area contributed by atoms with E-state index in [1.165, 1.54) is 11.1 Å². The predicted octanol–water partition coefficient (Wildman–Crippen LogP) is 5.77. The summed E-state index contributed by atoms with van der Waals surface area (Å²) in [5, 5.41) is 0. The van der Waals surface area contributed by atoms with Gasteiger partial charge in [-0.3, -0.25) is 9.59 Å². The lowest BCUT2D eigenvalue weighted by molar-refractivity contribution is -0.218. The second-order valence-corrected chi connectivity index (χ2v) is 14.8. The largest absolute Gasteiger partial charge is 0.493 e. The summed E-state index contributed by atoms with van der Waals surface area (Å²) in [6.45, 7) is 6.16. The van der Waals surface area contributed by atoms with Crippen molar-refractivity contribution in [1.82, 2.24) is 0 Å². The normalized spacial score (nSPS) is 34.6. The van der Waals surface area contributed by atoms with E-state index < -0.39 is 0 Å². The maximum absolute atomic E-state index is 12.6. The Labute approximate surface area is 265 Å². The molecule has 8 fully saturated rings. The summed E-state index contributed by atoms with van der Waals surface area (Å²) in [6, 6.07) is 16.4. The molecule has 4 aliphatic heterocycles. The van der Waals surface area contributed by atoms with Gasteiger partial charge in [-0.1, -0.05) is 38.1 Å². The molecule has 8 heteroatoms. The van der Waals surface area contributed by atoms with Crippen LogP contribution in [-0.4, -0.2) is 61.8 Å². The Morgan fingerprint density at radius 3 is 1.78 bits per heavy atom. The van der Waals surface area contributed by atoms with Crippen LogP contribution >= 0.6 is 0 Å². The van der Waals surface area contributed by atoms with E-state index in [0.717, 1.165) is 50.0 Å². The van der Waals surface area contributed by atoms with E-state index >= 15 is 0 Å². The fourth-order valence-electron chi connectivity index (χ4n) is 9.22. The van der Waals surface area contributed by atoms with Gasteiger partial charge in [0.1, 0.15) is 11.5 Å². The number of ether oxygens (including phenoxy) is 6.